The van der Waals surface area contributed by atoms with Gasteiger partial charge in [-0.3, -0.25) is 0 Å². The summed E-state index contributed by atoms with van der Waals surface area (Å²) in [4.78, 5) is 11.1. The van der Waals surface area contributed by atoms with E-state index in [1.54, 1.807) is 19.9 Å². The predicted molar refractivity (Wildman–Crippen MR) is 52.1 cm³/mol. The van der Waals surface area contributed by atoms with E-state index >= 15 is 0 Å². The second-order valence-corrected chi connectivity index (χ2v) is 3.16. The van der Waals surface area contributed by atoms with Crippen molar-refractivity contribution >= 4 is 5.97 Å². The lowest BCUT2D eigenvalue weighted by molar-refractivity contribution is -0.135. The quantitative estimate of drug-likeness (QED) is 0.544. The van der Waals surface area contributed by atoms with Crippen molar-refractivity contribution in [2.45, 2.75) is 19.9 Å². The van der Waals surface area contributed by atoms with Crippen LogP contribution >= 0.6 is 0 Å². The van der Waals surface area contributed by atoms with Crippen LogP contribution in [-0.2, 0) is 4.79 Å². The molecule has 0 heterocycles. The molecule has 1 aromatic rings. The molecule has 0 aliphatic carbocycles. The highest BCUT2D eigenvalue weighted by Gasteiger charge is 2.10. The Balaban J connectivity index is 2.78. The van der Waals surface area contributed by atoms with Gasteiger partial charge in [0.1, 0.15) is 17.5 Å². The highest BCUT2D eigenvalue weighted by molar-refractivity contribution is 5.77. The maximum Gasteiger partial charge on any atom is 0.328 e. The third kappa shape index (κ3) is 2.47. The number of aryl methyl sites for hydroxylation is 1. The first-order valence-corrected chi connectivity index (χ1v) is 4.27. The molecule has 3 N–H and O–H groups in total. The van der Waals surface area contributed by atoms with Gasteiger partial charge in [-0.15, -0.1) is 0 Å². The van der Waals surface area contributed by atoms with Gasteiger partial charge in [0.25, 0.3) is 0 Å². The second kappa shape index (κ2) is 4.11. The SMILES string of the molecule is Cc1cc(OC(=O)[C@H](C)N)ccc1O. The molecule has 0 saturated heterocycles. The molecule has 1 aromatic carbocycles. The Bertz CT molecular complexity index is 347. The molecule has 0 bridgehead atoms. The number of nitrogens with two attached hydrogens (primary N) is 1. The molecule has 0 spiro atoms. The van der Waals surface area contributed by atoms with Gasteiger partial charge in [-0.1, -0.05) is 0 Å². The summed E-state index contributed by atoms with van der Waals surface area (Å²) in [6.45, 7) is 3.27. The van der Waals surface area contributed by atoms with Crippen molar-refractivity contribution in [1.29, 1.82) is 0 Å². The Hall–Kier alpha value is -1.55. The number of hydrogen-bond donors (Lipinski definition) is 2. The smallest absolute Gasteiger partial charge is 0.328 e. The second-order valence-electron chi connectivity index (χ2n) is 3.16. The van der Waals surface area contributed by atoms with Gasteiger partial charge in [0, 0.05) is 0 Å². The molecule has 1 rings (SSSR count). The van der Waals surface area contributed by atoms with Gasteiger partial charge in [0.2, 0.25) is 0 Å². The molecule has 0 amide bonds. The van der Waals surface area contributed by atoms with E-state index in [0.717, 1.165) is 0 Å². The van der Waals surface area contributed by atoms with E-state index in [2.05, 4.69) is 0 Å². The number of benzene rings is 1. The van der Waals surface area contributed by atoms with Crippen LogP contribution in [0.1, 0.15) is 12.5 Å². The Kier molecular flexibility index (Phi) is 3.09. The number of carbonyl (C=O) groups excluding carboxylic acids is 1. The summed E-state index contributed by atoms with van der Waals surface area (Å²) in [6.07, 6.45) is 0. The Morgan fingerprint density at radius 2 is 2.21 bits per heavy atom. The molecule has 1 atom stereocenters. The molecule has 0 aliphatic rings. The van der Waals surface area contributed by atoms with E-state index in [4.69, 9.17) is 10.5 Å². The average Bonchev–Trinajstić information content (AvgIpc) is 2.11. The zero-order valence-electron chi connectivity index (χ0n) is 8.15. The van der Waals surface area contributed by atoms with Gasteiger partial charge < -0.3 is 15.6 Å². The van der Waals surface area contributed by atoms with Crippen LogP contribution in [0.25, 0.3) is 0 Å². The third-order valence-electron chi connectivity index (χ3n) is 1.76. The summed E-state index contributed by atoms with van der Waals surface area (Å²) < 4.78 is 4.94. The molecule has 76 valence electrons. The molecule has 14 heavy (non-hydrogen) atoms. The van der Waals surface area contributed by atoms with E-state index < -0.39 is 12.0 Å². The maximum atomic E-state index is 11.1. The number of rotatable bonds is 2. The van der Waals surface area contributed by atoms with Crippen LogP contribution < -0.4 is 10.5 Å². The van der Waals surface area contributed by atoms with Crippen molar-refractivity contribution in [3.05, 3.63) is 23.8 Å². The van der Waals surface area contributed by atoms with Crippen LogP contribution in [0, 0.1) is 6.92 Å². The zero-order valence-corrected chi connectivity index (χ0v) is 8.15. The lowest BCUT2D eigenvalue weighted by atomic mass is 10.2. The fourth-order valence-electron chi connectivity index (χ4n) is 0.901. The van der Waals surface area contributed by atoms with Gasteiger partial charge in [-0.05, 0) is 37.6 Å². The summed E-state index contributed by atoms with van der Waals surface area (Å²) in [6, 6.07) is 3.92. The summed E-state index contributed by atoms with van der Waals surface area (Å²) in [7, 11) is 0. The number of hydrogen-bond acceptors (Lipinski definition) is 4. The minimum absolute atomic E-state index is 0.172. The zero-order chi connectivity index (χ0) is 10.7. The largest absolute Gasteiger partial charge is 0.508 e. The predicted octanol–water partition coefficient (Wildman–Crippen LogP) is 0.953. The van der Waals surface area contributed by atoms with Gasteiger partial charge in [-0.2, -0.15) is 0 Å². The van der Waals surface area contributed by atoms with E-state index in [1.807, 2.05) is 0 Å². The highest BCUT2D eigenvalue weighted by Crippen LogP contribution is 2.21. The molecule has 4 nitrogen and oxygen atoms in total. The van der Waals surface area contributed by atoms with Gasteiger partial charge in [-0.25, -0.2) is 4.79 Å². The van der Waals surface area contributed by atoms with Crippen molar-refractivity contribution in [2.75, 3.05) is 0 Å². The first-order valence-electron chi connectivity index (χ1n) is 4.27. The summed E-state index contributed by atoms with van der Waals surface area (Å²) in [5.74, 6) is 0.0725. The van der Waals surface area contributed by atoms with Crippen molar-refractivity contribution in [1.82, 2.24) is 0 Å². The Morgan fingerprint density at radius 3 is 2.71 bits per heavy atom. The Labute approximate surface area is 82.3 Å². The fourth-order valence-corrected chi connectivity index (χ4v) is 0.901. The standard InChI is InChI=1S/C10H13NO3/c1-6-5-8(3-4-9(6)12)14-10(13)7(2)11/h3-5,7,12H,11H2,1-2H3/t7-/m0/s1. The van der Waals surface area contributed by atoms with Crippen LogP contribution in [0.3, 0.4) is 0 Å². The van der Waals surface area contributed by atoms with Crippen LogP contribution in [0.5, 0.6) is 11.5 Å². The molecule has 0 aliphatic heterocycles. The molecule has 0 saturated carbocycles. The highest BCUT2D eigenvalue weighted by atomic mass is 16.5. The minimum Gasteiger partial charge on any atom is -0.508 e. The summed E-state index contributed by atoms with van der Waals surface area (Å²) in [5, 5.41) is 9.22. The molecule has 4 heteroatoms. The van der Waals surface area contributed by atoms with E-state index in [1.165, 1.54) is 12.1 Å². The molecule has 0 unspecified atom stereocenters. The van der Waals surface area contributed by atoms with E-state index in [9.17, 15) is 9.90 Å². The number of esters is 1. The molecular formula is C10H13NO3. The first kappa shape index (κ1) is 10.5. The van der Waals surface area contributed by atoms with Crippen molar-refractivity contribution < 1.29 is 14.6 Å². The average molecular weight is 195 g/mol. The number of phenols is 1. The molecule has 0 aromatic heterocycles. The maximum absolute atomic E-state index is 11.1. The third-order valence-corrected chi connectivity index (χ3v) is 1.76. The van der Waals surface area contributed by atoms with Crippen LogP contribution in [0.2, 0.25) is 0 Å². The topological polar surface area (TPSA) is 72.5 Å². The molecular weight excluding hydrogens is 182 g/mol. The number of ether oxygens (including phenoxy) is 1. The lowest BCUT2D eigenvalue weighted by Crippen LogP contribution is -2.30. The normalized spacial score (nSPS) is 12.2. The van der Waals surface area contributed by atoms with E-state index in [-0.39, 0.29) is 5.75 Å². The Morgan fingerprint density at radius 1 is 1.57 bits per heavy atom. The van der Waals surface area contributed by atoms with Gasteiger partial charge in [0.15, 0.2) is 0 Å². The first-order chi connectivity index (χ1) is 6.50. The van der Waals surface area contributed by atoms with Crippen LogP contribution in [0.15, 0.2) is 18.2 Å². The number of aromatic hydroxyl groups is 1. The van der Waals surface area contributed by atoms with E-state index in [0.29, 0.717) is 11.3 Å². The summed E-state index contributed by atoms with van der Waals surface area (Å²) >= 11 is 0. The van der Waals surface area contributed by atoms with Crippen molar-refractivity contribution in [2.24, 2.45) is 5.73 Å². The number of phenolic OH excluding ortho intramolecular Hbond substituents is 1. The van der Waals surface area contributed by atoms with Crippen LogP contribution in [0.4, 0.5) is 0 Å². The van der Waals surface area contributed by atoms with Crippen molar-refractivity contribution in [3.63, 3.8) is 0 Å². The fraction of sp³-hybridized carbons (Fsp3) is 0.300. The molecule has 0 radical (unpaired) electrons. The van der Waals surface area contributed by atoms with Crippen molar-refractivity contribution in [3.8, 4) is 11.5 Å². The van der Waals surface area contributed by atoms with Crippen LogP contribution in [-0.4, -0.2) is 17.1 Å². The summed E-state index contributed by atoms with van der Waals surface area (Å²) in [5.41, 5.74) is 5.98. The molecule has 0 fully saturated rings. The minimum atomic E-state index is -0.649. The lowest BCUT2D eigenvalue weighted by Gasteiger charge is -2.07. The monoisotopic (exact) mass is 195 g/mol. The number of carbonyl (C=O) groups is 1. The van der Waals surface area contributed by atoms with Gasteiger partial charge >= 0.3 is 5.97 Å². The van der Waals surface area contributed by atoms with Gasteiger partial charge in [0.05, 0.1) is 0 Å².